The van der Waals surface area contributed by atoms with E-state index in [4.69, 9.17) is 9.47 Å². The second-order valence-corrected chi connectivity index (χ2v) is 9.21. The average molecular weight is 483 g/mol. The Morgan fingerprint density at radius 1 is 0.765 bits per heavy atom. The number of ether oxygens (including phenoxy) is 2. The first kappa shape index (κ1) is 24.9. The molecular formula is C25H26N2O6S. The molecule has 0 aliphatic heterocycles. The van der Waals surface area contributed by atoms with E-state index in [2.05, 4.69) is 0 Å². The van der Waals surface area contributed by atoms with Crippen molar-refractivity contribution in [1.82, 2.24) is 9.03 Å². The Kier molecular flexibility index (Phi) is 8.78. The lowest BCUT2D eigenvalue weighted by atomic mass is 10.1. The maximum Gasteiger partial charge on any atom is 0.422 e. The van der Waals surface area contributed by atoms with Gasteiger partial charge < -0.3 is 9.47 Å². The van der Waals surface area contributed by atoms with Crippen molar-refractivity contribution in [3.63, 3.8) is 0 Å². The van der Waals surface area contributed by atoms with Gasteiger partial charge in [0.1, 0.15) is 19.3 Å². The molecule has 178 valence electrons. The molecule has 1 amide bonds. The first-order chi connectivity index (χ1) is 16.3. The van der Waals surface area contributed by atoms with E-state index in [-0.39, 0.29) is 19.6 Å². The van der Waals surface area contributed by atoms with Crippen LogP contribution in [0.5, 0.6) is 0 Å². The number of nitrogens with zero attached hydrogens (tertiary/aromatic N) is 1. The third kappa shape index (κ3) is 7.43. The molecule has 0 heterocycles. The molecule has 3 aromatic carbocycles. The van der Waals surface area contributed by atoms with E-state index in [1.54, 1.807) is 60.7 Å². The third-order valence-electron chi connectivity index (χ3n) is 5.01. The Balaban J connectivity index is 1.69. The SMILES string of the molecule is CN([C@@H](Cc1ccccc1)C(=O)OCc1ccccc1)S(=O)(=O)NC(=O)OCc1ccccc1. The highest BCUT2D eigenvalue weighted by atomic mass is 32.2. The van der Waals surface area contributed by atoms with E-state index < -0.39 is 28.3 Å². The molecule has 9 heteroatoms. The summed E-state index contributed by atoms with van der Waals surface area (Å²) in [6.45, 7) is -0.107. The van der Waals surface area contributed by atoms with Gasteiger partial charge in [-0.1, -0.05) is 91.0 Å². The largest absolute Gasteiger partial charge is 0.460 e. The summed E-state index contributed by atoms with van der Waals surface area (Å²) in [6.07, 6.45) is -1.09. The van der Waals surface area contributed by atoms with Crippen LogP contribution in [0, 0.1) is 0 Å². The van der Waals surface area contributed by atoms with Crippen LogP contribution in [0.4, 0.5) is 4.79 Å². The fourth-order valence-electron chi connectivity index (χ4n) is 3.12. The summed E-state index contributed by atoms with van der Waals surface area (Å²) in [5.41, 5.74) is 2.20. The van der Waals surface area contributed by atoms with Crippen LogP contribution in [0.1, 0.15) is 16.7 Å². The lowest BCUT2D eigenvalue weighted by Gasteiger charge is -2.26. The van der Waals surface area contributed by atoms with E-state index in [0.29, 0.717) is 5.56 Å². The van der Waals surface area contributed by atoms with Crippen LogP contribution < -0.4 is 4.72 Å². The highest BCUT2D eigenvalue weighted by Gasteiger charge is 2.34. The summed E-state index contributed by atoms with van der Waals surface area (Å²) < 4.78 is 38.8. The van der Waals surface area contributed by atoms with Crippen molar-refractivity contribution < 1.29 is 27.5 Å². The fourth-order valence-corrected chi connectivity index (χ4v) is 4.03. The first-order valence-corrected chi connectivity index (χ1v) is 12.0. The van der Waals surface area contributed by atoms with E-state index >= 15 is 0 Å². The maximum atomic E-state index is 12.9. The molecule has 8 nitrogen and oxygen atoms in total. The monoisotopic (exact) mass is 482 g/mol. The van der Waals surface area contributed by atoms with Gasteiger partial charge in [-0.25, -0.2) is 9.52 Å². The highest BCUT2D eigenvalue weighted by molar-refractivity contribution is 7.87. The number of rotatable bonds is 10. The molecule has 0 saturated carbocycles. The van der Waals surface area contributed by atoms with Crippen LogP contribution in [-0.2, 0) is 44.1 Å². The molecule has 0 fully saturated rings. The van der Waals surface area contributed by atoms with Gasteiger partial charge in [0.2, 0.25) is 0 Å². The number of nitrogens with one attached hydrogen (secondary N) is 1. The van der Waals surface area contributed by atoms with Crippen molar-refractivity contribution in [2.45, 2.75) is 25.7 Å². The van der Waals surface area contributed by atoms with Crippen LogP contribution in [0.3, 0.4) is 0 Å². The fraction of sp³-hybridized carbons (Fsp3) is 0.200. The average Bonchev–Trinajstić information content (AvgIpc) is 2.86. The van der Waals surface area contributed by atoms with Crippen molar-refractivity contribution in [2.75, 3.05) is 7.05 Å². The van der Waals surface area contributed by atoms with Crippen molar-refractivity contribution in [3.05, 3.63) is 108 Å². The summed E-state index contributed by atoms with van der Waals surface area (Å²) in [7, 11) is -3.19. The third-order valence-corrected chi connectivity index (χ3v) is 6.45. The molecule has 0 saturated heterocycles. The summed E-state index contributed by atoms with van der Waals surface area (Å²) >= 11 is 0. The van der Waals surface area contributed by atoms with Crippen LogP contribution in [0.25, 0.3) is 0 Å². The molecule has 34 heavy (non-hydrogen) atoms. The standard InChI is InChI=1S/C25H26N2O6S/c1-27(34(30,31)26-25(29)33-19-22-15-9-4-10-16-22)23(17-20-11-5-2-6-12-20)24(28)32-18-21-13-7-3-8-14-21/h2-16,23H,17-19H2,1H3,(H,26,29)/t23-/m0/s1. The lowest BCUT2D eigenvalue weighted by molar-refractivity contribution is -0.149. The van der Waals surface area contributed by atoms with Gasteiger partial charge in [0.25, 0.3) is 0 Å². The van der Waals surface area contributed by atoms with Gasteiger partial charge in [0, 0.05) is 7.05 Å². The summed E-state index contributed by atoms with van der Waals surface area (Å²) in [6, 6.07) is 25.6. The molecule has 0 radical (unpaired) electrons. The zero-order valence-corrected chi connectivity index (χ0v) is 19.5. The first-order valence-electron chi connectivity index (χ1n) is 10.6. The molecule has 0 aromatic heterocycles. The number of esters is 1. The molecule has 3 rings (SSSR count). The lowest BCUT2D eigenvalue weighted by Crippen LogP contribution is -2.50. The van der Waals surface area contributed by atoms with Gasteiger partial charge in [-0.2, -0.15) is 12.7 Å². The van der Waals surface area contributed by atoms with Crippen molar-refractivity contribution in [2.24, 2.45) is 0 Å². The zero-order chi connectivity index (χ0) is 24.4. The minimum absolute atomic E-state index is 0.00854. The molecular weight excluding hydrogens is 456 g/mol. The predicted molar refractivity (Wildman–Crippen MR) is 127 cm³/mol. The molecule has 1 N–H and O–H groups in total. The molecule has 0 unspecified atom stereocenters. The quantitative estimate of drug-likeness (QED) is 0.444. The molecule has 0 aliphatic carbocycles. The Morgan fingerprint density at radius 2 is 1.21 bits per heavy atom. The second kappa shape index (κ2) is 12.0. The molecule has 0 spiro atoms. The minimum Gasteiger partial charge on any atom is -0.460 e. The Bertz CT molecular complexity index is 1170. The number of benzene rings is 3. The Morgan fingerprint density at radius 3 is 1.71 bits per heavy atom. The van der Waals surface area contributed by atoms with Gasteiger partial charge in [-0.05, 0) is 23.1 Å². The summed E-state index contributed by atoms with van der Waals surface area (Å²) in [5.74, 6) is -0.738. The van der Waals surface area contributed by atoms with Gasteiger partial charge in [0.05, 0.1) is 0 Å². The zero-order valence-electron chi connectivity index (χ0n) is 18.7. The number of amides is 1. The van der Waals surface area contributed by atoms with Gasteiger partial charge in [-0.15, -0.1) is 0 Å². The smallest absolute Gasteiger partial charge is 0.422 e. The van der Waals surface area contributed by atoms with Crippen LogP contribution in [-0.4, -0.2) is 37.9 Å². The van der Waals surface area contributed by atoms with E-state index in [1.807, 2.05) is 35.1 Å². The Labute approximate surface area is 199 Å². The van der Waals surface area contributed by atoms with Crippen molar-refractivity contribution in [3.8, 4) is 0 Å². The van der Waals surface area contributed by atoms with Crippen LogP contribution in [0.2, 0.25) is 0 Å². The minimum atomic E-state index is -4.40. The van der Waals surface area contributed by atoms with E-state index in [1.165, 1.54) is 7.05 Å². The van der Waals surface area contributed by atoms with Gasteiger partial charge in [0.15, 0.2) is 0 Å². The topological polar surface area (TPSA) is 102 Å². The normalized spacial score (nSPS) is 12.1. The maximum absolute atomic E-state index is 12.9. The summed E-state index contributed by atoms with van der Waals surface area (Å²) in [5, 5.41) is 0. The molecule has 3 aromatic rings. The second-order valence-electron chi connectivity index (χ2n) is 7.48. The van der Waals surface area contributed by atoms with E-state index in [0.717, 1.165) is 15.4 Å². The Hall–Kier alpha value is -3.69. The van der Waals surface area contributed by atoms with Crippen molar-refractivity contribution >= 4 is 22.3 Å². The van der Waals surface area contributed by atoms with Gasteiger partial charge >= 0.3 is 22.3 Å². The van der Waals surface area contributed by atoms with Crippen LogP contribution >= 0.6 is 0 Å². The molecule has 1 atom stereocenters. The summed E-state index contributed by atoms with van der Waals surface area (Å²) in [4.78, 5) is 25.1. The number of hydrogen-bond acceptors (Lipinski definition) is 6. The molecule has 0 bridgehead atoms. The highest BCUT2D eigenvalue weighted by Crippen LogP contribution is 2.14. The number of hydrogen-bond donors (Lipinski definition) is 1. The van der Waals surface area contributed by atoms with Gasteiger partial charge in [-0.3, -0.25) is 4.79 Å². The van der Waals surface area contributed by atoms with E-state index in [9.17, 15) is 18.0 Å². The molecule has 0 aliphatic rings. The van der Waals surface area contributed by atoms with Crippen LogP contribution in [0.15, 0.2) is 91.0 Å². The number of likely N-dealkylation sites (N-methyl/N-ethyl adjacent to an activating group) is 1. The predicted octanol–water partition coefficient (Wildman–Crippen LogP) is 3.44. The van der Waals surface area contributed by atoms with Crippen molar-refractivity contribution in [1.29, 1.82) is 0 Å². The number of carbonyl (C=O) groups is 2. The number of carbonyl (C=O) groups excluding carboxylic acids is 2.